The molecule has 0 aliphatic heterocycles. The van der Waals surface area contributed by atoms with Gasteiger partial charge in [-0.15, -0.1) is 0 Å². The summed E-state index contributed by atoms with van der Waals surface area (Å²) in [6, 6.07) is 0. The fraction of sp³-hybridized carbons (Fsp3) is 0.833. The zero-order valence-corrected chi connectivity index (χ0v) is 13.9. The Labute approximate surface area is 129 Å². The Morgan fingerprint density at radius 2 is 1.65 bits per heavy atom. The molecule has 118 valence electrons. The fourth-order valence-electron chi connectivity index (χ4n) is 1.03. The van der Waals surface area contributed by atoms with E-state index in [0.29, 0.717) is 4.32 Å². The highest BCUT2D eigenvalue weighted by Gasteiger charge is 2.36. The van der Waals surface area contributed by atoms with Crippen LogP contribution in [0.4, 0.5) is 0 Å². The number of esters is 1. The quantitative estimate of drug-likeness (QED) is 0.440. The fourth-order valence-corrected chi connectivity index (χ4v) is 2.42. The van der Waals surface area contributed by atoms with E-state index in [-0.39, 0.29) is 6.61 Å². The highest BCUT2D eigenvalue weighted by Crippen LogP contribution is 2.29. The number of rotatable bonds is 7. The molecule has 0 rings (SSSR count). The molecule has 0 aromatic carbocycles. The second-order valence-corrected chi connectivity index (χ2v) is 7.58. The highest BCUT2D eigenvalue weighted by atomic mass is 32.2. The Morgan fingerprint density at radius 1 is 1.20 bits per heavy atom. The second-order valence-electron chi connectivity index (χ2n) is 5.32. The summed E-state index contributed by atoms with van der Waals surface area (Å²) in [7, 11) is 3.57. The number of carbonyl (C=O) groups is 1. The molecule has 0 aliphatic rings. The third kappa shape index (κ3) is 5.53. The van der Waals surface area contributed by atoms with E-state index in [0.717, 1.165) is 0 Å². The Balaban J connectivity index is 4.63. The molecule has 3 N–H and O–H groups in total. The number of carbonyl (C=O) groups excluding carboxylic acids is 1. The van der Waals surface area contributed by atoms with Crippen LogP contribution in [0, 0.1) is 5.41 Å². The largest absolute Gasteiger partial charge is 0.464 e. The molecule has 0 bridgehead atoms. The van der Waals surface area contributed by atoms with Gasteiger partial charge in [-0.05, 0) is 13.8 Å². The van der Waals surface area contributed by atoms with Crippen LogP contribution in [0.2, 0.25) is 0 Å². The van der Waals surface area contributed by atoms with E-state index in [1.165, 1.54) is 11.8 Å². The monoisotopic (exact) mass is 325 g/mol. The molecule has 0 saturated carbocycles. The summed E-state index contributed by atoms with van der Waals surface area (Å²) in [6.07, 6.45) is 0. The van der Waals surface area contributed by atoms with E-state index in [4.69, 9.17) is 32.3 Å². The first kappa shape index (κ1) is 19.6. The van der Waals surface area contributed by atoms with Crippen molar-refractivity contribution in [1.29, 1.82) is 0 Å². The van der Waals surface area contributed by atoms with Gasteiger partial charge >= 0.3 is 5.97 Å². The van der Waals surface area contributed by atoms with Crippen LogP contribution in [0.25, 0.3) is 0 Å². The molecule has 0 heterocycles. The van der Waals surface area contributed by atoms with Gasteiger partial charge in [-0.25, -0.2) is 0 Å². The van der Waals surface area contributed by atoms with Crippen LogP contribution < -0.4 is 0 Å². The minimum absolute atomic E-state index is 0.256. The van der Waals surface area contributed by atoms with Gasteiger partial charge in [0.05, 0.1) is 25.2 Å². The number of thioether (sulfide) groups is 1. The number of nitrogens with zero attached hydrogens (tertiary/aromatic N) is 1. The molecular weight excluding hydrogens is 302 g/mol. The van der Waals surface area contributed by atoms with Gasteiger partial charge in [-0.2, -0.15) is 0 Å². The van der Waals surface area contributed by atoms with E-state index in [1.54, 1.807) is 32.8 Å². The molecule has 20 heavy (non-hydrogen) atoms. The summed E-state index contributed by atoms with van der Waals surface area (Å²) in [5.41, 5.74) is -1.22. The lowest BCUT2D eigenvalue weighted by molar-refractivity contribution is -0.153. The number of thiocarbonyl (C=S) groups is 1. The van der Waals surface area contributed by atoms with Crippen LogP contribution in [0.5, 0.6) is 0 Å². The van der Waals surface area contributed by atoms with Crippen LogP contribution in [0.1, 0.15) is 13.8 Å². The lowest BCUT2D eigenvalue weighted by Crippen LogP contribution is -2.42. The summed E-state index contributed by atoms with van der Waals surface area (Å²) in [6.45, 7) is 1.67. The van der Waals surface area contributed by atoms with Gasteiger partial charge in [0.25, 0.3) is 0 Å². The van der Waals surface area contributed by atoms with Gasteiger partial charge in [0, 0.05) is 14.1 Å². The molecule has 0 radical (unpaired) electrons. The predicted octanol–water partition coefficient (Wildman–Crippen LogP) is -0.149. The second kappa shape index (κ2) is 8.14. The molecule has 0 atom stereocenters. The number of aliphatic hydroxyl groups excluding tert-OH is 3. The topological polar surface area (TPSA) is 90.2 Å². The van der Waals surface area contributed by atoms with Crippen LogP contribution in [-0.2, 0) is 9.53 Å². The lowest BCUT2D eigenvalue weighted by atomic mass is 9.92. The normalized spacial score (nSPS) is 12.2. The number of aliphatic hydroxyl groups is 3. The van der Waals surface area contributed by atoms with Gasteiger partial charge in [0.2, 0.25) is 0 Å². The summed E-state index contributed by atoms with van der Waals surface area (Å²) >= 11 is 6.32. The summed E-state index contributed by atoms with van der Waals surface area (Å²) in [5.74, 6) is -0.522. The third-order valence-electron chi connectivity index (χ3n) is 2.71. The summed E-state index contributed by atoms with van der Waals surface area (Å²) < 4.78 is 4.76. The van der Waals surface area contributed by atoms with E-state index < -0.39 is 36.0 Å². The van der Waals surface area contributed by atoms with Crippen molar-refractivity contribution >= 4 is 34.3 Å². The molecule has 8 heteroatoms. The Kier molecular flexibility index (Phi) is 7.97. The van der Waals surface area contributed by atoms with E-state index in [9.17, 15) is 4.79 Å². The first-order valence-electron chi connectivity index (χ1n) is 6.04. The van der Waals surface area contributed by atoms with E-state index in [1.807, 2.05) is 0 Å². The molecule has 0 spiro atoms. The predicted molar refractivity (Wildman–Crippen MR) is 82.6 cm³/mol. The SMILES string of the molecule is CN(C)C(=S)SC(C)(C)C(=O)OCC(CO)(CO)CO. The van der Waals surface area contributed by atoms with Gasteiger partial charge in [-0.3, -0.25) is 4.79 Å². The van der Waals surface area contributed by atoms with Crippen molar-refractivity contribution in [3.05, 3.63) is 0 Å². The molecule has 0 aliphatic carbocycles. The molecule has 0 unspecified atom stereocenters. The van der Waals surface area contributed by atoms with E-state index >= 15 is 0 Å². The maximum atomic E-state index is 12.1. The standard InChI is InChI=1S/C12H23NO5S2/c1-11(2,20-10(19)13(3)4)9(17)18-8-12(5-14,6-15)7-16/h14-16H,5-8H2,1-4H3. The van der Waals surface area contributed by atoms with Crippen LogP contribution in [-0.4, -0.2) is 75.8 Å². The lowest BCUT2D eigenvalue weighted by Gasteiger charge is -2.30. The average Bonchev–Trinajstić information content (AvgIpc) is 2.40. The van der Waals surface area contributed by atoms with Crippen LogP contribution in [0.3, 0.4) is 0 Å². The summed E-state index contributed by atoms with van der Waals surface area (Å²) in [4.78, 5) is 13.8. The first-order chi connectivity index (χ1) is 9.14. The summed E-state index contributed by atoms with van der Waals surface area (Å²) in [5, 5.41) is 27.5. The van der Waals surface area contributed by atoms with Crippen molar-refractivity contribution in [2.45, 2.75) is 18.6 Å². The maximum Gasteiger partial charge on any atom is 0.322 e. The molecule has 0 aromatic rings. The van der Waals surface area contributed by atoms with Crippen molar-refractivity contribution in [2.75, 3.05) is 40.5 Å². The Hall–Kier alpha value is -0.410. The molecular formula is C12H23NO5S2. The number of hydrogen-bond donors (Lipinski definition) is 3. The van der Waals surface area contributed by atoms with Crippen LogP contribution in [0.15, 0.2) is 0 Å². The molecule has 0 saturated heterocycles. The maximum absolute atomic E-state index is 12.1. The zero-order valence-electron chi connectivity index (χ0n) is 12.3. The van der Waals surface area contributed by atoms with Gasteiger partial charge in [0.1, 0.15) is 15.7 Å². The van der Waals surface area contributed by atoms with Crippen molar-refractivity contribution in [3.8, 4) is 0 Å². The van der Waals surface area contributed by atoms with Crippen molar-refractivity contribution < 1.29 is 24.9 Å². The van der Waals surface area contributed by atoms with Gasteiger partial charge in [0.15, 0.2) is 0 Å². The Morgan fingerprint density at radius 3 is 2.00 bits per heavy atom. The third-order valence-corrected chi connectivity index (χ3v) is 4.55. The average molecular weight is 325 g/mol. The van der Waals surface area contributed by atoms with Crippen molar-refractivity contribution in [1.82, 2.24) is 4.90 Å². The molecule has 0 fully saturated rings. The zero-order chi connectivity index (χ0) is 16.0. The van der Waals surface area contributed by atoms with Crippen molar-refractivity contribution in [3.63, 3.8) is 0 Å². The first-order valence-corrected chi connectivity index (χ1v) is 7.26. The Bertz CT molecular complexity index is 334. The smallest absolute Gasteiger partial charge is 0.322 e. The minimum atomic E-state index is -1.22. The minimum Gasteiger partial charge on any atom is -0.464 e. The van der Waals surface area contributed by atoms with Gasteiger partial charge in [-0.1, -0.05) is 24.0 Å². The molecule has 6 nitrogen and oxygen atoms in total. The van der Waals surface area contributed by atoms with E-state index in [2.05, 4.69) is 0 Å². The number of ether oxygens (including phenoxy) is 1. The molecule has 0 aromatic heterocycles. The number of hydrogen-bond acceptors (Lipinski definition) is 7. The van der Waals surface area contributed by atoms with Crippen LogP contribution >= 0.6 is 24.0 Å². The van der Waals surface area contributed by atoms with Gasteiger partial charge < -0.3 is 25.0 Å². The van der Waals surface area contributed by atoms with Crippen molar-refractivity contribution in [2.24, 2.45) is 5.41 Å². The molecule has 0 amide bonds. The highest BCUT2D eigenvalue weighted by molar-refractivity contribution is 8.24.